The topological polar surface area (TPSA) is 68.7 Å². The lowest BCUT2D eigenvalue weighted by Crippen LogP contribution is -2.43. The van der Waals surface area contributed by atoms with E-state index < -0.39 is 5.60 Å². The highest BCUT2D eigenvalue weighted by molar-refractivity contribution is 5.87. The normalized spacial score (nSPS) is 16.2. The third kappa shape index (κ3) is 6.02. The van der Waals surface area contributed by atoms with Crippen molar-refractivity contribution in [2.75, 3.05) is 13.1 Å². The Bertz CT molecular complexity index is 585. The smallest absolute Gasteiger partial charge is 0.410 e. The van der Waals surface area contributed by atoms with Gasteiger partial charge in [-0.2, -0.15) is 0 Å². The highest BCUT2D eigenvalue weighted by Gasteiger charge is 2.28. The van der Waals surface area contributed by atoms with Crippen LogP contribution in [0.3, 0.4) is 0 Å². The molecule has 0 unspecified atom stereocenters. The van der Waals surface area contributed by atoms with Gasteiger partial charge in [0.1, 0.15) is 11.7 Å². The minimum atomic E-state index is -0.502. The van der Waals surface area contributed by atoms with Crippen LogP contribution in [-0.2, 0) is 14.3 Å². The SMILES string of the molecule is CC(C)(C)OC(=O)N1CCC(OC(=O)/C=C/c2ccncc2)CC1. The predicted molar refractivity (Wildman–Crippen MR) is 90.2 cm³/mol. The molecule has 6 heteroatoms. The summed E-state index contributed by atoms with van der Waals surface area (Å²) in [6.07, 6.45) is 7.19. The molecule has 2 rings (SSSR count). The van der Waals surface area contributed by atoms with Crippen molar-refractivity contribution >= 4 is 18.1 Å². The van der Waals surface area contributed by atoms with E-state index in [9.17, 15) is 9.59 Å². The summed E-state index contributed by atoms with van der Waals surface area (Å²) in [6, 6.07) is 3.62. The Labute approximate surface area is 142 Å². The maximum absolute atomic E-state index is 12.0. The van der Waals surface area contributed by atoms with Gasteiger partial charge in [0.25, 0.3) is 0 Å². The Balaban J connectivity index is 1.75. The largest absolute Gasteiger partial charge is 0.459 e. The zero-order chi connectivity index (χ0) is 17.6. The number of esters is 1. The monoisotopic (exact) mass is 332 g/mol. The van der Waals surface area contributed by atoms with Crippen molar-refractivity contribution in [1.82, 2.24) is 9.88 Å². The van der Waals surface area contributed by atoms with Gasteiger partial charge in [0.15, 0.2) is 0 Å². The highest BCUT2D eigenvalue weighted by atomic mass is 16.6. The molecule has 0 N–H and O–H groups in total. The minimum absolute atomic E-state index is 0.168. The van der Waals surface area contributed by atoms with Crippen LogP contribution in [0.2, 0.25) is 0 Å². The number of carbonyl (C=O) groups is 2. The Morgan fingerprint density at radius 2 is 1.83 bits per heavy atom. The molecule has 0 atom stereocenters. The van der Waals surface area contributed by atoms with E-state index in [4.69, 9.17) is 9.47 Å². The summed E-state index contributed by atoms with van der Waals surface area (Å²) >= 11 is 0. The van der Waals surface area contributed by atoms with Gasteiger partial charge in [-0.15, -0.1) is 0 Å². The van der Waals surface area contributed by atoms with Crippen LogP contribution in [0.4, 0.5) is 4.79 Å². The molecule has 0 saturated carbocycles. The predicted octanol–water partition coefficient (Wildman–Crippen LogP) is 3.04. The van der Waals surface area contributed by atoms with Crippen LogP contribution in [0.5, 0.6) is 0 Å². The van der Waals surface area contributed by atoms with E-state index in [2.05, 4.69) is 4.98 Å². The number of hydrogen-bond donors (Lipinski definition) is 0. The first-order valence-corrected chi connectivity index (χ1v) is 8.10. The second-order valence-electron chi connectivity index (χ2n) is 6.72. The molecule has 24 heavy (non-hydrogen) atoms. The first-order chi connectivity index (χ1) is 11.3. The highest BCUT2D eigenvalue weighted by Crippen LogP contribution is 2.17. The van der Waals surface area contributed by atoms with Gasteiger partial charge in [0, 0.05) is 44.4 Å². The molecule has 1 aromatic heterocycles. The zero-order valence-corrected chi connectivity index (χ0v) is 14.4. The van der Waals surface area contributed by atoms with E-state index in [-0.39, 0.29) is 18.2 Å². The average molecular weight is 332 g/mol. The summed E-state index contributed by atoms with van der Waals surface area (Å²) in [5.41, 5.74) is 0.389. The number of carbonyl (C=O) groups excluding carboxylic acids is 2. The van der Waals surface area contributed by atoms with Crippen LogP contribution in [-0.4, -0.2) is 46.7 Å². The quantitative estimate of drug-likeness (QED) is 0.628. The van der Waals surface area contributed by atoms with Gasteiger partial charge in [-0.05, 0) is 44.5 Å². The van der Waals surface area contributed by atoms with Gasteiger partial charge in [0.05, 0.1) is 0 Å². The number of likely N-dealkylation sites (tertiary alicyclic amines) is 1. The summed E-state index contributed by atoms with van der Waals surface area (Å²) < 4.78 is 10.8. The van der Waals surface area contributed by atoms with E-state index in [1.54, 1.807) is 23.4 Å². The molecule has 1 amide bonds. The molecular weight excluding hydrogens is 308 g/mol. The summed E-state index contributed by atoms with van der Waals surface area (Å²) in [5, 5.41) is 0. The molecule has 0 spiro atoms. The molecule has 1 aliphatic heterocycles. The third-order valence-electron chi connectivity index (χ3n) is 3.49. The van der Waals surface area contributed by atoms with Crippen molar-refractivity contribution in [2.45, 2.75) is 45.3 Å². The van der Waals surface area contributed by atoms with E-state index in [1.807, 2.05) is 32.9 Å². The Hall–Kier alpha value is -2.37. The van der Waals surface area contributed by atoms with Gasteiger partial charge in [0.2, 0.25) is 0 Å². The fourth-order valence-electron chi connectivity index (χ4n) is 2.33. The minimum Gasteiger partial charge on any atom is -0.459 e. The number of rotatable bonds is 3. The van der Waals surface area contributed by atoms with Crippen LogP contribution in [0.25, 0.3) is 6.08 Å². The van der Waals surface area contributed by atoms with Crippen molar-refractivity contribution in [3.05, 3.63) is 36.2 Å². The van der Waals surface area contributed by atoms with E-state index in [1.165, 1.54) is 6.08 Å². The molecule has 1 aromatic rings. The number of aromatic nitrogens is 1. The molecule has 0 bridgehead atoms. The standard InChI is InChI=1S/C18H24N2O4/c1-18(2,3)24-17(22)20-12-8-15(9-13-20)23-16(21)5-4-14-6-10-19-11-7-14/h4-7,10-11,15H,8-9,12-13H2,1-3H3/b5-4+. The van der Waals surface area contributed by atoms with Crippen LogP contribution >= 0.6 is 0 Å². The Kier molecular flexibility index (Phi) is 5.95. The van der Waals surface area contributed by atoms with E-state index in [0.717, 1.165) is 5.56 Å². The van der Waals surface area contributed by atoms with Crippen molar-refractivity contribution in [1.29, 1.82) is 0 Å². The first kappa shape index (κ1) is 18.0. The van der Waals surface area contributed by atoms with Crippen LogP contribution < -0.4 is 0 Å². The Morgan fingerprint density at radius 3 is 2.42 bits per heavy atom. The lowest BCUT2D eigenvalue weighted by molar-refractivity contribution is -0.144. The maximum Gasteiger partial charge on any atom is 0.410 e. The van der Waals surface area contributed by atoms with Gasteiger partial charge in [-0.3, -0.25) is 4.98 Å². The molecular formula is C18H24N2O4. The fourth-order valence-corrected chi connectivity index (χ4v) is 2.33. The van der Waals surface area contributed by atoms with Crippen molar-refractivity contribution < 1.29 is 19.1 Å². The first-order valence-electron chi connectivity index (χ1n) is 8.10. The number of piperidine rings is 1. The van der Waals surface area contributed by atoms with Gasteiger partial charge < -0.3 is 14.4 Å². The molecule has 1 fully saturated rings. The number of nitrogens with zero attached hydrogens (tertiary/aromatic N) is 2. The number of hydrogen-bond acceptors (Lipinski definition) is 5. The maximum atomic E-state index is 12.0. The number of ether oxygens (including phenoxy) is 2. The second-order valence-corrected chi connectivity index (χ2v) is 6.72. The average Bonchev–Trinajstić information content (AvgIpc) is 2.53. The molecule has 6 nitrogen and oxygen atoms in total. The van der Waals surface area contributed by atoms with Gasteiger partial charge in [-0.1, -0.05) is 0 Å². The summed E-state index contributed by atoms with van der Waals surface area (Å²) in [4.78, 5) is 29.4. The number of pyridine rings is 1. The summed E-state index contributed by atoms with van der Waals surface area (Å²) in [5.74, 6) is -0.373. The molecule has 1 saturated heterocycles. The molecule has 0 aromatic carbocycles. The number of amides is 1. The molecule has 2 heterocycles. The van der Waals surface area contributed by atoms with Crippen LogP contribution in [0, 0.1) is 0 Å². The second kappa shape index (κ2) is 7.95. The van der Waals surface area contributed by atoms with Gasteiger partial charge >= 0.3 is 12.1 Å². The summed E-state index contributed by atoms with van der Waals surface area (Å²) in [6.45, 7) is 6.58. The van der Waals surface area contributed by atoms with E-state index >= 15 is 0 Å². The zero-order valence-electron chi connectivity index (χ0n) is 14.4. The van der Waals surface area contributed by atoms with Crippen molar-refractivity contribution in [2.24, 2.45) is 0 Å². The van der Waals surface area contributed by atoms with E-state index in [0.29, 0.717) is 25.9 Å². The summed E-state index contributed by atoms with van der Waals surface area (Å²) in [7, 11) is 0. The fraction of sp³-hybridized carbons (Fsp3) is 0.500. The lowest BCUT2D eigenvalue weighted by Gasteiger charge is -2.33. The molecule has 1 aliphatic rings. The molecule has 130 valence electrons. The molecule has 0 radical (unpaired) electrons. The lowest BCUT2D eigenvalue weighted by atomic mass is 10.1. The van der Waals surface area contributed by atoms with Gasteiger partial charge in [-0.25, -0.2) is 9.59 Å². The molecule has 0 aliphatic carbocycles. The van der Waals surface area contributed by atoms with Crippen molar-refractivity contribution in [3.63, 3.8) is 0 Å². The third-order valence-corrected chi connectivity index (χ3v) is 3.49. The van der Waals surface area contributed by atoms with Crippen molar-refractivity contribution in [3.8, 4) is 0 Å². The van der Waals surface area contributed by atoms with Crippen LogP contribution in [0.1, 0.15) is 39.2 Å². The Morgan fingerprint density at radius 1 is 1.21 bits per heavy atom. The van der Waals surface area contributed by atoms with Crippen LogP contribution in [0.15, 0.2) is 30.6 Å².